The minimum absolute atomic E-state index is 0.0757. The predicted molar refractivity (Wildman–Crippen MR) is 79.7 cm³/mol. The molecule has 1 aliphatic heterocycles. The summed E-state index contributed by atoms with van der Waals surface area (Å²) in [5.74, 6) is -0.305. The van der Waals surface area contributed by atoms with Gasteiger partial charge in [-0.2, -0.15) is 0 Å². The molecule has 21 heavy (non-hydrogen) atoms. The van der Waals surface area contributed by atoms with Gasteiger partial charge >= 0.3 is 0 Å². The third-order valence-corrected chi connectivity index (χ3v) is 5.35. The van der Waals surface area contributed by atoms with Gasteiger partial charge in [-0.1, -0.05) is 12.1 Å². The number of rotatable bonds is 4. The highest BCUT2D eigenvalue weighted by Gasteiger charge is 2.32. The van der Waals surface area contributed by atoms with E-state index < -0.39 is 15.6 Å². The summed E-state index contributed by atoms with van der Waals surface area (Å²) in [6, 6.07) is 5.94. The van der Waals surface area contributed by atoms with Crippen molar-refractivity contribution in [3.8, 4) is 0 Å². The fourth-order valence-corrected chi connectivity index (χ4v) is 3.94. The first-order chi connectivity index (χ1) is 9.68. The van der Waals surface area contributed by atoms with Crippen LogP contribution in [0.5, 0.6) is 0 Å². The molecular formula is C15H22FNO3S. The summed E-state index contributed by atoms with van der Waals surface area (Å²) >= 11 is 0. The molecule has 1 N–H and O–H groups in total. The van der Waals surface area contributed by atoms with E-state index in [1.807, 2.05) is 0 Å². The normalized spacial score (nSPS) is 23.7. The van der Waals surface area contributed by atoms with Gasteiger partial charge in [0.2, 0.25) is 10.0 Å². The smallest absolute Gasteiger partial charge is 0.211 e. The Balaban J connectivity index is 2.09. The van der Waals surface area contributed by atoms with Gasteiger partial charge in [-0.15, -0.1) is 0 Å². The summed E-state index contributed by atoms with van der Waals surface area (Å²) in [7, 11) is -3.19. The molecule has 4 nitrogen and oxygen atoms in total. The van der Waals surface area contributed by atoms with E-state index in [1.54, 1.807) is 19.1 Å². The molecule has 2 rings (SSSR count). The predicted octanol–water partition coefficient (Wildman–Crippen LogP) is 2.09. The lowest BCUT2D eigenvalue weighted by Crippen LogP contribution is -2.41. The van der Waals surface area contributed by atoms with Crippen LogP contribution in [0, 0.1) is 11.7 Å². The molecule has 0 aromatic heterocycles. The maximum absolute atomic E-state index is 13.3. The molecule has 2 atom stereocenters. The first-order valence-corrected chi connectivity index (χ1v) is 8.97. The molecule has 2 unspecified atom stereocenters. The van der Waals surface area contributed by atoms with Crippen LogP contribution in [0.15, 0.2) is 24.3 Å². The molecule has 0 saturated carbocycles. The Morgan fingerprint density at radius 1 is 1.48 bits per heavy atom. The molecule has 6 heteroatoms. The standard InChI is InChI=1S/C15H22FNO3S/c1-15(18,13-6-3-7-14(16)9-13)10-12-5-4-8-17(11-12)21(2,19)20/h3,6-7,9,12,18H,4-5,8,10-11H2,1-2H3. The van der Waals surface area contributed by atoms with Crippen LogP contribution in [-0.4, -0.2) is 37.2 Å². The van der Waals surface area contributed by atoms with Crippen molar-refractivity contribution in [2.75, 3.05) is 19.3 Å². The van der Waals surface area contributed by atoms with Crippen LogP contribution in [0.1, 0.15) is 31.7 Å². The number of hydrogen-bond acceptors (Lipinski definition) is 3. The summed E-state index contributed by atoms with van der Waals surface area (Å²) in [5, 5.41) is 10.6. The second-order valence-electron chi connectivity index (χ2n) is 6.12. The molecular weight excluding hydrogens is 293 g/mol. The van der Waals surface area contributed by atoms with Gasteiger partial charge in [0.15, 0.2) is 0 Å². The van der Waals surface area contributed by atoms with Gasteiger partial charge in [0.25, 0.3) is 0 Å². The highest BCUT2D eigenvalue weighted by Crippen LogP contribution is 2.33. The second-order valence-corrected chi connectivity index (χ2v) is 8.10. The third kappa shape index (κ3) is 4.25. The molecule has 118 valence electrons. The summed E-state index contributed by atoms with van der Waals surface area (Å²) in [5.41, 5.74) is -0.633. The lowest BCUT2D eigenvalue weighted by molar-refractivity contribution is 0.0208. The molecule has 1 heterocycles. The molecule has 1 aliphatic rings. The van der Waals surface area contributed by atoms with Crippen molar-refractivity contribution in [1.29, 1.82) is 0 Å². The summed E-state index contributed by atoms with van der Waals surface area (Å²) < 4.78 is 38.0. The second kappa shape index (κ2) is 6.02. The lowest BCUT2D eigenvalue weighted by atomic mass is 9.83. The van der Waals surface area contributed by atoms with E-state index in [-0.39, 0.29) is 11.7 Å². The average Bonchev–Trinajstić information content (AvgIpc) is 2.37. The van der Waals surface area contributed by atoms with Crippen LogP contribution in [0.25, 0.3) is 0 Å². The Morgan fingerprint density at radius 2 is 2.19 bits per heavy atom. The Morgan fingerprint density at radius 3 is 2.81 bits per heavy atom. The SMILES string of the molecule is CC(O)(CC1CCCN(S(C)(=O)=O)C1)c1cccc(F)c1. The van der Waals surface area contributed by atoms with Crippen LogP contribution in [0.2, 0.25) is 0 Å². The molecule has 0 radical (unpaired) electrons. The molecule has 0 spiro atoms. The maximum Gasteiger partial charge on any atom is 0.211 e. The van der Waals surface area contributed by atoms with E-state index in [9.17, 15) is 17.9 Å². The largest absolute Gasteiger partial charge is 0.385 e. The summed E-state index contributed by atoms with van der Waals surface area (Å²) in [6.45, 7) is 2.61. The van der Waals surface area contributed by atoms with Gasteiger partial charge in [-0.25, -0.2) is 17.1 Å². The Labute approximate surface area is 125 Å². The Bertz CT molecular complexity index is 601. The number of benzene rings is 1. The number of halogens is 1. The molecule has 0 bridgehead atoms. The van der Waals surface area contributed by atoms with Crippen LogP contribution in [-0.2, 0) is 15.6 Å². The zero-order chi connectivity index (χ0) is 15.7. The van der Waals surface area contributed by atoms with Crippen molar-refractivity contribution < 1.29 is 17.9 Å². The van der Waals surface area contributed by atoms with Crippen molar-refractivity contribution in [1.82, 2.24) is 4.31 Å². The van der Waals surface area contributed by atoms with E-state index in [2.05, 4.69) is 0 Å². The molecule has 0 aliphatic carbocycles. The first-order valence-electron chi connectivity index (χ1n) is 7.12. The highest BCUT2D eigenvalue weighted by atomic mass is 32.2. The van der Waals surface area contributed by atoms with E-state index in [4.69, 9.17) is 0 Å². The van der Waals surface area contributed by atoms with Gasteiger partial charge in [-0.3, -0.25) is 0 Å². The number of aliphatic hydroxyl groups is 1. The third-order valence-electron chi connectivity index (χ3n) is 4.08. The van der Waals surface area contributed by atoms with Crippen molar-refractivity contribution in [3.63, 3.8) is 0 Å². The summed E-state index contributed by atoms with van der Waals surface area (Å²) in [6.07, 6.45) is 3.29. The fourth-order valence-electron chi connectivity index (χ4n) is 3.00. The van der Waals surface area contributed by atoms with E-state index in [0.29, 0.717) is 25.1 Å². The van der Waals surface area contributed by atoms with Crippen LogP contribution < -0.4 is 0 Å². The zero-order valence-electron chi connectivity index (χ0n) is 12.4. The van der Waals surface area contributed by atoms with Crippen molar-refractivity contribution in [3.05, 3.63) is 35.6 Å². The number of piperidine rings is 1. The van der Waals surface area contributed by atoms with Crippen LogP contribution in [0.3, 0.4) is 0 Å². The molecule has 1 aromatic carbocycles. The van der Waals surface area contributed by atoms with Crippen LogP contribution in [0.4, 0.5) is 4.39 Å². The first kappa shape index (κ1) is 16.4. The summed E-state index contributed by atoms with van der Waals surface area (Å²) in [4.78, 5) is 0. The quantitative estimate of drug-likeness (QED) is 0.925. The minimum atomic E-state index is -3.19. The zero-order valence-corrected chi connectivity index (χ0v) is 13.2. The number of nitrogens with zero attached hydrogens (tertiary/aromatic N) is 1. The van der Waals surface area contributed by atoms with Crippen molar-refractivity contribution >= 4 is 10.0 Å². The van der Waals surface area contributed by atoms with Gasteiger partial charge in [0.05, 0.1) is 11.9 Å². The lowest BCUT2D eigenvalue weighted by Gasteiger charge is -2.35. The van der Waals surface area contributed by atoms with Gasteiger partial charge in [0, 0.05) is 13.1 Å². The average molecular weight is 315 g/mol. The van der Waals surface area contributed by atoms with Gasteiger partial charge in [-0.05, 0) is 49.8 Å². The Hall–Kier alpha value is -0.980. The van der Waals surface area contributed by atoms with Crippen molar-refractivity contribution in [2.24, 2.45) is 5.92 Å². The van der Waals surface area contributed by atoms with E-state index in [1.165, 1.54) is 22.7 Å². The topological polar surface area (TPSA) is 57.6 Å². The highest BCUT2D eigenvalue weighted by molar-refractivity contribution is 7.88. The Kier molecular flexibility index (Phi) is 4.70. The number of sulfonamides is 1. The molecule has 1 aromatic rings. The van der Waals surface area contributed by atoms with Gasteiger partial charge < -0.3 is 5.11 Å². The minimum Gasteiger partial charge on any atom is -0.385 e. The molecule has 0 amide bonds. The monoisotopic (exact) mass is 315 g/mol. The molecule has 1 saturated heterocycles. The fraction of sp³-hybridized carbons (Fsp3) is 0.600. The van der Waals surface area contributed by atoms with E-state index >= 15 is 0 Å². The van der Waals surface area contributed by atoms with E-state index in [0.717, 1.165) is 12.8 Å². The van der Waals surface area contributed by atoms with Crippen LogP contribution >= 0.6 is 0 Å². The van der Waals surface area contributed by atoms with Gasteiger partial charge in [0.1, 0.15) is 5.82 Å². The molecule has 1 fully saturated rings. The number of hydrogen-bond donors (Lipinski definition) is 1. The maximum atomic E-state index is 13.3. The van der Waals surface area contributed by atoms with Crippen molar-refractivity contribution in [2.45, 2.75) is 31.8 Å².